The summed E-state index contributed by atoms with van der Waals surface area (Å²) in [6, 6.07) is 56.7. The van der Waals surface area contributed by atoms with Crippen LogP contribution in [0.15, 0.2) is 187 Å². The zero-order chi connectivity index (χ0) is 36.1. The molecule has 0 N–H and O–H groups in total. The molecule has 3 heterocycles. The van der Waals surface area contributed by atoms with Gasteiger partial charge in [0.15, 0.2) is 0 Å². The van der Waals surface area contributed by atoms with Crippen molar-refractivity contribution in [3.05, 3.63) is 199 Å². The van der Waals surface area contributed by atoms with Gasteiger partial charge in [0.1, 0.15) is 11.2 Å². The summed E-state index contributed by atoms with van der Waals surface area (Å²) in [7, 11) is 0. The molecule has 0 saturated heterocycles. The maximum Gasteiger partial charge on any atom is 0.136 e. The van der Waals surface area contributed by atoms with E-state index < -0.39 is 0 Å². The summed E-state index contributed by atoms with van der Waals surface area (Å²) in [5.74, 6) is 0. The SMILES string of the molecule is C=C1C2=C(/C=C\N(c3ccccc3)c3cc(-c4ccc5c(c4)c4cc6oc7ccccc7c6cc4n5-c4ccccc4)ccc31)C(C)(C)c1ccccc12. The Bertz CT molecular complexity index is 3080. The Labute approximate surface area is 314 Å². The van der Waals surface area contributed by atoms with Crippen molar-refractivity contribution in [3.63, 3.8) is 0 Å². The summed E-state index contributed by atoms with van der Waals surface area (Å²) in [6.07, 6.45) is 4.56. The number of para-hydroxylation sites is 3. The first-order chi connectivity index (χ1) is 26.5. The van der Waals surface area contributed by atoms with E-state index in [1.807, 2.05) is 12.1 Å². The second kappa shape index (κ2) is 11.3. The average Bonchev–Trinajstić information content (AvgIpc) is 3.81. The minimum atomic E-state index is -0.145. The van der Waals surface area contributed by atoms with Crippen LogP contribution < -0.4 is 4.90 Å². The number of aromatic nitrogens is 1. The minimum absolute atomic E-state index is 0.145. The number of fused-ring (bicyclic) bond motifs is 9. The zero-order valence-corrected chi connectivity index (χ0v) is 30.2. The van der Waals surface area contributed by atoms with Crippen LogP contribution in [0.3, 0.4) is 0 Å². The molecule has 3 nitrogen and oxygen atoms in total. The Balaban J connectivity index is 1.13. The summed E-state index contributed by atoms with van der Waals surface area (Å²) < 4.78 is 8.80. The van der Waals surface area contributed by atoms with Crippen molar-refractivity contribution in [2.75, 3.05) is 4.90 Å². The molecule has 54 heavy (non-hydrogen) atoms. The number of anilines is 2. The second-order valence-corrected chi connectivity index (χ2v) is 15.1. The lowest BCUT2D eigenvalue weighted by atomic mass is 9.80. The van der Waals surface area contributed by atoms with Crippen LogP contribution in [0, 0.1) is 0 Å². The number of hydrogen-bond donors (Lipinski definition) is 0. The molecular formula is C51H36N2O. The van der Waals surface area contributed by atoms with Crippen LogP contribution in [0.4, 0.5) is 11.4 Å². The van der Waals surface area contributed by atoms with Gasteiger partial charge in [0, 0.05) is 50.1 Å². The van der Waals surface area contributed by atoms with Crippen molar-refractivity contribution in [2.24, 2.45) is 0 Å². The number of hydrogen-bond acceptors (Lipinski definition) is 2. The lowest BCUT2D eigenvalue weighted by Gasteiger charge is -2.29. The van der Waals surface area contributed by atoms with Crippen molar-refractivity contribution >= 4 is 66.3 Å². The Kier molecular flexibility index (Phi) is 6.45. The number of rotatable bonds is 3. The van der Waals surface area contributed by atoms with E-state index in [4.69, 9.17) is 11.0 Å². The number of nitrogens with zero attached hydrogens (tertiary/aromatic N) is 2. The van der Waals surface area contributed by atoms with E-state index in [0.717, 1.165) is 77.7 Å². The third-order valence-corrected chi connectivity index (χ3v) is 11.7. The summed E-state index contributed by atoms with van der Waals surface area (Å²) in [4.78, 5) is 2.32. The van der Waals surface area contributed by atoms with Gasteiger partial charge in [0.05, 0.1) is 16.7 Å². The standard InChI is InChI=1S/C51H36N2O/c1-32-37-24-22-34(29-46(37)52(35-14-6-4-7-15-35)27-26-44-50(32)39-19-10-12-20-43(39)51(44,2)3)33-23-25-45-40(28-33)41-31-49-42(38-18-11-13-21-48(38)54-49)30-47(41)53(45)36-16-8-5-9-17-36/h4-31H,1H2,2-3H3/b27-26-. The number of furan rings is 1. The normalized spacial score (nSPS) is 15.4. The van der Waals surface area contributed by atoms with E-state index >= 15 is 0 Å². The molecule has 2 aliphatic rings. The monoisotopic (exact) mass is 692 g/mol. The van der Waals surface area contributed by atoms with Gasteiger partial charge in [-0.2, -0.15) is 0 Å². The molecule has 0 fully saturated rings. The van der Waals surface area contributed by atoms with Crippen LogP contribution in [0.25, 0.3) is 71.7 Å². The third kappa shape index (κ3) is 4.36. The first-order valence-electron chi connectivity index (χ1n) is 18.6. The first-order valence-corrected chi connectivity index (χ1v) is 18.6. The van der Waals surface area contributed by atoms with E-state index in [1.54, 1.807) is 0 Å². The molecule has 9 aromatic rings. The fourth-order valence-corrected chi connectivity index (χ4v) is 9.08. The molecule has 0 bridgehead atoms. The van der Waals surface area contributed by atoms with Crippen LogP contribution >= 0.6 is 0 Å². The molecule has 0 spiro atoms. The van der Waals surface area contributed by atoms with Crippen molar-refractivity contribution in [1.29, 1.82) is 0 Å². The minimum Gasteiger partial charge on any atom is -0.456 e. The maximum atomic E-state index is 6.42. The van der Waals surface area contributed by atoms with Crippen LogP contribution in [0.2, 0.25) is 0 Å². The molecule has 1 aliphatic heterocycles. The maximum absolute atomic E-state index is 6.42. The second-order valence-electron chi connectivity index (χ2n) is 15.1. The molecule has 2 aromatic heterocycles. The highest BCUT2D eigenvalue weighted by Gasteiger charge is 2.38. The van der Waals surface area contributed by atoms with Crippen LogP contribution in [-0.2, 0) is 5.41 Å². The van der Waals surface area contributed by atoms with Gasteiger partial charge in [0.2, 0.25) is 0 Å². The largest absolute Gasteiger partial charge is 0.456 e. The Morgan fingerprint density at radius 1 is 0.537 bits per heavy atom. The van der Waals surface area contributed by atoms with E-state index in [1.165, 1.54) is 27.7 Å². The Morgan fingerprint density at radius 2 is 1.22 bits per heavy atom. The summed E-state index contributed by atoms with van der Waals surface area (Å²) in [5, 5.41) is 4.61. The molecule has 0 saturated carbocycles. The van der Waals surface area contributed by atoms with Crippen LogP contribution in [0.1, 0.15) is 30.5 Å². The highest BCUT2D eigenvalue weighted by Crippen LogP contribution is 2.53. The first kappa shape index (κ1) is 30.8. The van der Waals surface area contributed by atoms with Gasteiger partial charge in [-0.05, 0) is 106 Å². The highest BCUT2D eigenvalue weighted by molar-refractivity contribution is 6.18. The lowest BCUT2D eigenvalue weighted by Crippen LogP contribution is -2.18. The van der Waals surface area contributed by atoms with Crippen molar-refractivity contribution in [1.82, 2.24) is 4.57 Å². The fourth-order valence-electron chi connectivity index (χ4n) is 9.08. The fraction of sp³-hybridized carbons (Fsp3) is 0.0588. The quantitative estimate of drug-likeness (QED) is 0.184. The molecule has 0 unspecified atom stereocenters. The molecule has 0 atom stereocenters. The molecule has 0 amide bonds. The molecular weight excluding hydrogens is 657 g/mol. The zero-order valence-electron chi connectivity index (χ0n) is 30.2. The Morgan fingerprint density at radius 3 is 2.06 bits per heavy atom. The van der Waals surface area contributed by atoms with Crippen molar-refractivity contribution in [3.8, 4) is 16.8 Å². The molecule has 256 valence electrons. The van der Waals surface area contributed by atoms with E-state index in [2.05, 4.69) is 181 Å². The number of benzene rings is 7. The number of allylic oxidation sites excluding steroid dienone is 4. The van der Waals surface area contributed by atoms with Gasteiger partial charge in [0.25, 0.3) is 0 Å². The van der Waals surface area contributed by atoms with E-state index in [-0.39, 0.29) is 5.41 Å². The summed E-state index contributed by atoms with van der Waals surface area (Å²) >= 11 is 0. The predicted molar refractivity (Wildman–Crippen MR) is 227 cm³/mol. The summed E-state index contributed by atoms with van der Waals surface area (Å²) in [5.41, 5.74) is 16.9. The smallest absolute Gasteiger partial charge is 0.136 e. The third-order valence-electron chi connectivity index (χ3n) is 11.7. The molecule has 1 aliphatic carbocycles. The van der Waals surface area contributed by atoms with E-state index in [0.29, 0.717) is 0 Å². The van der Waals surface area contributed by atoms with Gasteiger partial charge in [-0.25, -0.2) is 0 Å². The topological polar surface area (TPSA) is 21.3 Å². The van der Waals surface area contributed by atoms with Gasteiger partial charge in [-0.15, -0.1) is 0 Å². The van der Waals surface area contributed by atoms with Crippen LogP contribution in [-0.4, -0.2) is 4.57 Å². The van der Waals surface area contributed by atoms with Gasteiger partial charge in [-0.1, -0.05) is 117 Å². The van der Waals surface area contributed by atoms with Gasteiger partial charge >= 0.3 is 0 Å². The van der Waals surface area contributed by atoms with Gasteiger partial charge < -0.3 is 13.9 Å². The van der Waals surface area contributed by atoms with Gasteiger partial charge in [-0.3, -0.25) is 0 Å². The molecule has 11 rings (SSSR count). The molecule has 7 aromatic carbocycles. The van der Waals surface area contributed by atoms with Crippen LogP contribution in [0.5, 0.6) is 0 Å². The summed E-state index contributed by atoms with van der Waals surface area (Å²) in [6.45, 7) is 9.47. The van der Waals surface area contributed by atoms with Crippen molar-refractivity contribution in [2.45, 2.75) is 19.3 Å². The molecule has 3 heteroatoms. The molecule has 0 radical (unpaired) electrons. The lowest BCUT2D eigenvalue weighted by molar-refractivity contribution is 0.654. The van der Waals surface area contributed by atoms with Crippen molar-refractivity contribution < 1.29 is 4.42 Å². The highest BCUT2D eigenvalue weighted by atomic mass is 16.3. The van der Waals surface area contributed by atoms with E-state index in [9.17, 15) is 0 Å². The average molecular weight is 693 g/mol. The Hall–Kier alpha value is -6.84. The predicted octanol–water partition coefficient (Wildman–Crippen LogP) is 13.8.